The summed E-state index contributed by atoms with van der Waals surface area (Å²) in [5.74, 6) is -0.0274. The van der Waals surface area contributed by atoms with Crippen molar-refractivity contribution >= 4 is 0 Å². The highest BCUT2D eigenvalue weighted by Crippen LogP contribution is 2.28. The lowest BCUT2D eigenvalue weighted by atomic mass is 9.89. The fraction of sp³-hybridized carbons (Fsp3) is 0.267. The van der Waals surface area contributed by atoms with Crippen LogP contribution in [-0.2, 0) is 0 Å². The van der Waals surface area contributed by atoms with E-state index in [0.29, 0.717) is 5.56 Å². The molecule has 2 rings (SSSR count). The number of benzene rings is 1. The van der Waals surface area contributed by atoms with E-state index in [1.165, 1.54) is 6.07 Å². The smallest absolute Gasteiger partial charge is 0.126 e. The van der Waals surface area contributed by atoms with Crippen molar-refractivity contribution in [3.63, 3.8) is 0 Å². The SMILES string of the molecule is Cc1cc(C(N)C(C)c2ccncc2)ccc1F. The molecule has 0 aliphatic carbocycles. The van der Waals surface area contributed by atoms with E-state index in [0.717, 1.165) is 11.1 Å². The molecule has 0 saturated heterocycles. The first-order chi connectivity index (χ1) is 8.59. The molecule has 0 aliphatic rings. The number of nitrogens with zero attached hydrogens (tertiary/aromatic N) is 1. The van der Waals surface area contributed by atoms with Crippen molar-refractivity contribution in [2.45, 2.75) is 25.8 Å². The Kier molecular flexibility index (Phi) is 3.72. The highest BCUT2D eigenvalue weighted by atomic mass is 19.1. The van der Waals surface area contributed by atoms with Gasteiger partial charge in [-0.15, -0.1) is 0 Å². The van der Waals surface area contributed by atoms with E-state index < -0.39 is 0 Å². The number of aryl methyl sites for hydroxylation is 1. The predicted molar refractivity (Wildman–Crippen MR) is 70.7 cm³/mol. The fourth-order valence-electron chi connectivity index (χ4n) is 2.04. The maximum Gasteiger partial charge on any atom is 0.126 e. The zero-order chi connectivity index (χ0) is 13.1. The Hall–Kier alpha value is -1.74. The van der Waals surface area contributed by atoms with Crippen LogP contribution in [0.2, 0.25) is 0 Å². The van der Waals surface area contributed by atoms with Gasteiger partial charge in [0.15, 0.2) is 0 Å². The molecule has 2 N–H and O–H groups in total. The highest BCUT2D eigenvalue weighted by Gasteiger charge is 2.17. The van der Waals surface area contributed by atoms with Gasteiger partial charge in [0.1, 0.15) is 5.82 Å². The van der Waals surface area contributed by atoms with Crippen molar-refractivity contribution in [3.05, 3.63) is 65.2 Å². The predicted octanol–water partition coefficient (Wildman–Crippen LogP) is 3.33. The van der Waals surface area contributed by atoms with E-state index in [1.54, 1.807) is 25.4 Å². The lowest BCUT2D eigenvalue weighted by Gasteiger charge is -2.21. The summed E-state index contributed by atoms with van der Waals surface area (Å²) < 4.78 is 13.2. The number of nitrogens with two attached hydrogens (primary N) is 1. The van der Waals surface area contributed by atoms with E-state index in [2.05, 4.69) is 11.9 Å². The van der Waals surface area contributed by atoms with Gasteiger partial charge in [0.2, 0.25) is 0 Å². The van der Waals surface area contributed by atoms with Gasteiger partial charge in [0.25, 0.3) is 0 Å². The number of pyridine rings is 1. The molecule has 0 amide bonds. The molecule has 1 aromatic carbocycles. The Morgan fingerprint density at radius 2 is 1.78 bits per heavy atom. The molecule has 94 valence electrons. The maximum absolute atomic E-state index is 13.2. The Labute approximate surface area is 107 Å². The van der Waals surface area contributed by atoms with E-state index in [9.17, 15) is 4.39 Å². The Balaban J connectivity index is 2.25. The standard InChI is InChI=1S/C15H17FN2/c1-10-9-13(3-4-14(10)16)15(17)11(2)12-5-7-18-8-6-12/h3-9,11,15H,17H2,1-2H3. The molecule has 2 atom stereocenters. The molecule has 0 bridgehead atoms. The van der Waals surface area contributed by atoms with Gasteiger partial charge in [-0.3, -0.25) is 4.98 Å². The zero-order valence-electron chi connectivity index (χ0n) is 10.6. The molecule has 0 spiro atoms. The minimum atomic E-state index is -0.192. The molecule has 1 heterocycles. The molecule has 1 aromatic heterocycles. The second-order valence-corrected chi connectivity index (χ2v) is 4.60. The molecule has 2 nitrogen and oxygen atoms in total. The van der Waals surface area contributed by atoms with Crippen LogP contribution >= 0.6 is 0 Å². The van der Waals surface area contributed by atoms with E-state index in [-0.39, 0.29) is 17.8 Å². The number of aromatic nitrogens is 1. The Morgan fingerprint density at radius 1 is 1.11 bits per heavy atom. The number of rotatable bonds is 3. The zero-order valence-corrected chi connectivity index (χ0v) is 10.6. The average Bonchev–Trinajstić information content (AvgIpc) is 2.41. The minimum absolute atomic E-state index is 0.147. The summed E-state index contributed by atoms with van der Waals surface area (Å²) in [6.07, 6.45) is 3.52. The van der Waals surface area contributed by atoms with Gasteiger partial charge in [-0.05, 0) is 41.8 Å². The summed E-state index contributed by atoms with van der Waals surface area (Å²) in [4.78, 5) is 4.00. The van der Waals surface area contributed by atoms with Crippen molar-refractivity contribution in [2.24, 2.45) is 5.73 Å². The third kappa shape index (κ3) is 2.57. The van der Waals surface area contributed by atoms with Crippen LogP contribution in [0, 0.1) is 12.7 Å². The number of hydrogen-bond donors (Lipinski definition) is 1. The first-order valence-electron chi connectivity index (χ1n) is 6.01. The topological polar surface area (TPSA) is 38.9 Å². The third-order valence-electron chi connectivity index (χ3n) is 3.34. The van der Waals surface area contributed by atoms with Gasteiger partial charge in [0, 0.05) is 24.4 Å². The first-order valence-corrected chi connectivity index (χ1v) is 6.01. The van der Waals surface area contributed by atoms with Crippen LogP contribution in [-0.4, -0.2) is 4.98 Å². The van der Waals surface area contributed by atoms with E-state index >= 15 is 0 Å². The van der Waals surface area contributed by atoms with Crippen LogP contribution in [0.1, 0.15) is 35.6 Å². The van der Waals surface area contributed by atoms with Crippen LogP contribution in [0.5, 0.6) is 0 Å². The number of halogens is 1. The molecule has 3 heteroatoms. The van der Waals surface area contributed by atoms with Gasteiger partial charge in [-0.1, -0.05) is 19.1 Å². The monoisotopic (exact) mass is 244 g/mol. The normalized spacial score (nSPS) is 14.2. The molecule has 0 fully saturated rings. The second kappa shape index (κ2) is 5.27. The van der Waals surface area contributed by atoms with E-state index in [1.807, 2.05) is 18.2 Å². The lowest BCUT2D eigenvalue weighted by molar-refractivity contribution is 0.587. The molecule has 0 saturated carbocycles. The van der Waals surface area contributed by atoms with Gasteiger partial charge in [-0.25, -0.2) is 4.39 Å². The summed E-state index contributed by atoms with van der Waals surface area (Å²) >= 11 is 0. The lowest BCUT2D eigenvalue weighted by Crippen LogP contribution is -2.18. The Bertz CT molecular complexity index is 525. The summed E-state index contributed by atoms with van der Waals surface area (Å²) in [5, 5.41) is 0. The molecular weight excluding hydrogens is 227 g/mol. The molecule has 0 radical (unpaired) electrons. The molecule has 2 aromatic rings. The van der Waals surface area contributed by atoms with Crippen LogP contribution < -0.4 is 5.73 Å². The molecular formula is C15H17FN2. The maximum atomic E-state index is 13.2. The van der Waals surface area contributed by atoms with Crippen molar-refractivity contribution in [1.82, 2.24) is 4.98 Å². The van der Waals surface area contributed by atoms with Crippen molar-refractivity contribution < 1.29 is 4.39 Å². The third-order valence-corrected chi connectivity index (χ3v) is 3.34. The average molecular weight is 244 g/mol. The first kappa shape index (κ1) is 12.7. The molecule has 18 heavy (non-hydrogen) atoms. The van der Waals surface area contributed by atoms with Gasteiger partial charge in [-0.2, -0.15) is 0 Å². The van der Waals surface area contributed by atoms with E-state index in [4.69, 9.17) is 5.73 Å². The fourth-order valence-corrected chi connectivity index (χ4v) is 2.04. The highest BCUT2D eigenvalue weighted by molar-refractivity contribution is 5.30. The second-order valence-electron chi connectivity index (χ2n) is 4.60. The summed E-state index contributed by atoms with van der Waals surface area (Å²) in [6.45, 7) is 3.82. The van der Waals surface area contributed by atoms with Gasteiger partial charge >= 0.3 is 0 Å². The van der Waals surface area contributed by atoms with Gasteiger partial charge < -0.3 is 5.73 Å². The van der Waals surface area contributed by atoms with Crippen LogP contribution in [0.3, 0.4) is 0 Å². The van der Waals surface area contributed by atoms with Crippen molar-refractivity contribution in [2.75, 3.05) is 0 Å². The minimum Gasteiger partial charge on any atom is -0.323 e. The summed E-state index contributed by atoms with van der Waals surface area (Å²) in [7, 11) is 0. The number of hydrogen-bond acceptors (Lipinski definition) is 2. The summed E-state index contributed by atoms with van der Waals surface area (Å²) in [6, 6.07) is 8.82. The Morgan fingerprint density at radius 3 is 2.39 bits per heavy atom. The van der Waals surface area contributed by atoms with Crippen LogP contribution in [0.15, 0.2) is 42.7 Å². The quantitative estimate of drug-likeness (QED) is 0.899. The summed E-state index contributed by atoms with van der Waals surface area (Å²) in [5.41, 5.74) is 8.97. The largest absolute Gasteiger partial charge is 0.323 e. The van der Waals surface area contributed by atoms with Crippen molar-refractivity contribution in [3.8, 4) is 0 Å². The van der Waals surface area contributed by atoms with Crippen molar-refractivity contribution in [1.29, 1.82) is 0 Å². The molecule has 0 aliphatic heterocycles. The van der Waals surface area contributed by atoms with Gasteiger partial charge in [0.05, 0.1) is 0 Å². The molecule has 2 unspecified atom stereocenters. The van der Waals surface area contributed by atoms with Crippen LogP contribution in [0.4, 0.5) is 4.39 Å². The van der Waals surface area contributed by atoms with Crippen LogP contribution in [0.25, 0.3) is 0 Å².